The fourth-order valence-corrected chi connectivity index (χ4v) is 3.98. The zero-order chi connectivity index (χ0) is 21.4. The zero-order valence-electron chi connectivity index (χ0n) is 16.9. The average molecular weight is 416 g/mol. The van der Waals surface area contributed by atoms with Crippen LogP contribution in [-0.2, 0) is 0 Å². The molecule has 0 radical (unpaired) electrons. The number of carbonyl (C=O) groups is 1. The van der Waals surface area contributed by atoms with Gasteiger partial charge in [0.2, 0.25) is 11.7 Å². The fraction of sp³-hybridized carbons (Fsp3) is 0.273. The molecule has 0 saturated heterocycles. The maximum Gasteiger partial charge on any atom is 0.274 e. The fourth-order valence-electron chi connectivity index (χ4n) is 3.98. The minimum atomic E-state index is -0.258. The summed E-state index contributed by atoms with van der Waals surface area (Å²) in [6, 6.07) is 11.0. The Hall–Kier alpha value is -3.88. The van der Waals surface area contributed by atoms with Crippen molar-refractivity contribution in [3.05, 3.63) is 70.8 Å². The molecule has 3 aromatic heterocycles. The number of hydrogen-bond donors (Lipinski definition) is 1. The Morgan fingerprint density at radius 3 is 3.00 bits per heavy atom. The van der Waals surface area contributed by atoms with Crippen molar-refractivity contribution in [2.24, 2.45) is 5.18 Å². The summed E-state index contributed by atoms with van der Waals surface area (Å²) >= 11 is 0. The highest BCUT2D eigenvalue weighted by atomic mass is 16.5. The van der Waals surface area contributed by atoms with E-state index in [2.05, 4.69) is 25.6 Å². The Morgan fingerprint density at radius 2 is 2.16 bits per heavy atom. The second-order valence-electron chi connectivity index (χ2n) is 7.78. The molecule has 2 atom stereocenters. The number of carbonyl (C=O) groups excluding carboxylic acids is 1. The molecule has 4 aromatic rings. The Labute approximate surface area is 177 Å². The van der Waals surface area contributed by atoms with E-state index in [0.29, 0.717) is 35.2 Å². The third-order valence-corrected chi connectivity index (χ3v) is 5.74. The number of pyridine rings is 1. The molecule has 0 spiro atoms. The molecule has 1 N–H and O–H groups in total. The molecule has 9 heteroatoms. The minimum absolute atomic E-state index is 0.0590. The Morgan fingerprint density at radius 1 is 1.26 bits per heavy atom. The van der Waals surface area contributed by atoms with Gasteiger partial charge in [0.1, 0.15) is 11.3 Å². The molecular formula is C22H20N6O3. The molecule has 1 aromatic carbocycles. The van der Waals surface area contributed by atoms with Crippen molar-refractivity contribution in [2.75, 3.05) is 5.32 Å². The van der Waals surface area contributed by atoms with Gasteiger partial charge in [0.15, 0.2) is 0 Å². The zero-order valence-corrected chi connectivity index (χ0v) is 16.9. The van der Waals surface area contributed by atoms with E-state index in [1.54, 1.807) is 16.8 Å². The van der Waals surface area contributed by atoms with Crippen molar-refractivity contribution >= 4 is 17.2 Å². The van der Waals surface area contributed by atoms with Gasteiger partial charge in [-0.15, -0.1) is 0 Å². The lowest BCUT2D eigenvalue weighted by molar-refractivity contribution is 0.102. The highest BCUT2D eigenvalue weighted by molar-refractivity contribution is 6.04. The van der Waals surface area contributed by atoms with Crippen LogP contribution < -0.4 is 5.32 Å². The minimum Gasteiger partial charge on any atom is -0.339 e. The summed E-state index contributed by atoms with van der Waals surface area (Å²) in [5.41, 5.74) is 3.45. The van der Waals surface area contributed by atoms with Gasteiger partial charge < -0.3 is 9.84 Å². The summed E-state index contributed by atoms with van der Waals surface area (Å²) in [5, 5.41) is 10.2. The van der Waals surface area contributed by atoms with Gasteiger partial charge in [-0.3, -0.25) is 9.20 Å². The number of anilines is 1. The number of hydrogen-bond acceptors (Lipinski definition) is 7. The lowest BCUT2D eigenvalue weighted by Crippen LogP contribution is -2.15. The summed E-state index contributed by atoms with van der Waals surface area (Å²) < 4.78 is 7.19. The van der Waals surface area contributed by atoms with E-state index in [9.17, 15) is 9.70 Å². The Balaban J connectivity index is 1.38. The smallest absolute Gasteiger partial charge is 0.274 e. The van der Waals surface area contributed by atoms with Crippen LogP contribution in [0.2, 0.25) is 0 Å². The Bertz CT molecular complexity index is 1280. The van der Waals surface area contributed by atoms with E-state index in [1.165, 1.54) is 0 Å². The summed E-state index contributed by atoms with van der Waals surface area (Å²) in [5.74, 6) is 0.774. The highest BCUT2D eigenvalue weighted by Crippen LogP contribution is 2.36. The highest BCUT2D eigenvalue weighted by Gasteiger charge is 2.30. The molecule has 2 unspecified atom stereocenters. The average Bonchev–Trinajstić information content (AvgIpc) is 3.53. The quantitative estimate of drug-likeness (QED) is 0.484. The van der Waals surface area contributed by atoms with Gasteiger partial charge in [0.05, 0.1) is 12.2 Å². The second-order valence-corrected chi connectivity index (χ2v) is 7.78. The van der Waals surface area contributed by atoms with Crippen molar-refractivity contribution < 1.29 is 9.32 Å². The maximum atomic E-state index is 12.9. The van der Waals surface area contributed by atoms with Gasteiger partial charge in [-0.1, -0.05) is 28.5 Å². The molecule has 1 fully saturated rings. The largest absolute Gasteiger partial charge is 0.339 e. The molecule has 3 heterocycles. The van der Waals surface area contributed by atoms with Gasteiger partial charge in [-0.05, 0) is 49.9 Å². The molecule has 1 amide bonds. The Kier molecular flexibility index (Phi) is 4.78. The number of aryl methyl sites for hydroxylation is 1. The number of nitrogens with one attached hydrogen (secondary N) is 1. The van der Waals surface area contributed by atoms with E-state index >= 15 is 0 Å². The first-order valence-corrected chi connectivity index (χ1v) is 10.1. The first-order valence-electron chi connectivity index (χ1n) is 10.1. The standard InChI is InChI=1S/C22H20N6O3/c1-13-5-6-14(20-25-22(31-27-20)15-7-8-16(10-15)26-30)11-17(13)24-21(29)18-12-23-19-4-2-3-9-28(18)19/h2-6,9,11-12,15-16H,7-8,10H2,1H3,(H,24,29). The van der Waals surface area contributed by atoms with E-state index in [4.69, 9.17) is 4.52 Å². The molecule has 1 saturated carbocycles. The number of fused-ring (bicyclic) bond motifs is 1. The van der Waals surface area contributed by atoms with Crippen molar-refractivity contribution in [3.63, 3.8) is 0 Å². The third-order valence-electron chi connectivity index (χ3n) is 5.74. The van der Waals surface area contributed by atoms with Gasteiger partial charge in [-0.2, -0.15) is 9.89 Å². The van der Waals surface area contributed by atoms with Gasteiger partial charge >= 0.3 is 0 Å². The second kappa shape index (κ2) is 7.75. The van der Waals surface area contributed by atoms with Crippen LogP contribution in [0.1, 0.15) is 47.1 Å². The summed E-state index contributed by atoms with van der Waals surface area (Å²) in [6.07, 6.45) is 5.55. The lowest BCUT2D eigenvalue weighted by Gasteiger charge is -2.09. The summed E-state index contributed by atoms with van der Waals surface area (Å²) in [7, 11) is 0. The lowest BCUT2D eigenvalue weighted by atomic mass is 10.1. The normalized spacial score (nSPS) is 18.4. The number of benzene rings is 1. The number of imidazole rings is 1. The SMILES string of the molecule is Cc1ccc(-c2noc(C3CCC(N=O)C3)n2)cc1NC(=O)c1cnc2ccccn12. The number of amides is 1. The first-order chi connectivity index (χ1) is 15.1. The third kappa shape index (κ3) is 3.58. The topological polar surface area (TPSA) is 115 Å². The van der Waals surface area contributed by atoms with Crippen LogP contribution >= 0.6 is 0 Å². The number of aromatic nitrogens is 4. The van der Waals surface area contributed by atoms with Crippen molar-refractivity contribution in [3.8, 4) is 11.4 Å². The molecule has 1 aliphatic rings. The molecule has 0 aliphatic heterocycles. The van der Waals surface area contributed by atoms with Crippen LogP contribution in [0.5, 0.6) is 0 Å². The van der Waals surface area contributed by atoms with E-state index < -0.39 is 0 Å². The van der Waals surface area contributed by atoms with Gasteiger partial charge in [0.25, 0.3) is 5.91 Å². The van der Waals surface area contributed by atoms with E-state index in [-0.39, 0.29) is 17.9 Å². The number of nitroso groups, excluding NO2 is 1. The molecule has 9 nitrogen and oxygen atoms in total. The summed E-state index contributed by atoms with van der Waals surface area (Å²) in [4.78, 5) is 32.4. The molecular weight excluding hydrogens is 396 g/mol. The van der Waals surface area contributed by atoms with Crippen molar-refractivity contribution in [1.82, 2.24) is 19.5 Å². The van der Waals surface area contributed by atoms with E-state index in [1.807, 2.05) is 43.3 Å². The molecule has 5 rings (SSSR count). The molecule has 1 aliphatic carbocycles. The molecule has 0 bridgehead atoms. The van der Waals surface area contributed by atoms with E-state index in [0.717, 1.165) is 24.0 Å². The van der Waals surface area contributed by atoms with Crippen LogP contribution in [0.3, 0.4) is 0 Å². The predicted molar refractivity (Wildman–Crippen MR) is 114 cm³/mol. The van der Waals surface area contributed by atoms with Gasteiger partial charge in [-0.25, -0.2) is 4.98 Å². The van der Waals surface area contributed by atoms with Crippen LogP contribution in [0.4, 0.5) is 5.69 Å². The molecule has 156 valence electrons. The van der Waals surface area contributed by atoms with Crippen molar-refractivity contribution in [2.45, 2.75) is 38.1 Å². The van der Waals surface area contributed by atoms with Crippen LogP contribution in [-0.4, -0.2) is 31.5 Å². The van der Waals surface area contributed by atoms with Gasteiger partial charge in [0, 0.05) is 23.4 Å². The molecule has 31 heavy (non-hydrogen) atoms. The van der Waals surface area contributed by atoms with Crippen LogP contribution in [0, 0.1) is 11.8 Å². The number of nitrogens with zero attached hydrogens (tertiary/aromatic N) is 5. The van der Waals surface area contributed by atoms with Crippen LogP contribution in [0.15, 0.2) is 58.5 Å². The number of rotatable bonds is 5. The van der Waals surface area contributed by atoms with Crippen molar-refractivity contribution in [1.29, 1.82) is 0 Å². The maximum absolute atomic E-state index is 12.9. The predicted octanol–water partition coefficient (Wildman–Crippen LogP) is 4.35. The summed E-state index contributed by atoms with van der Waals surface area (Å²) in [6.45, 7) is 1.92. The first kappa shape index (κ1) is 19.1. The monoisotopic (exact) mass is 416 g/mol. The van der Waals surface area contributed by atoms with Crippen LogP contribution in [0.25, 0.3) is 17.0 Å².